The number of hydrogen-bond acceptors (Lipinski definition) is 3. The Bertz CT molecular complexity index is 1720. The first-order valence-electron chi connectivity index (χ1n) is 12.5. The van der Waals surface area contributed by atoms with Crippen LogP contribution in [0, 0.1) is 0 Å². The minimum atomic E-state index is 0.482. The molecule has 40 heavy (non-hydrogen) atoms. The zero-order valence-corrected chi connectivity index (χ0v) is 24.1. The van der Waals surface area contributed by atoms with E-state index in [9.17, 15) is 0 Å². The summed E-state index contributed by atoms with van der Waals surface area (Å²) >= 11 is 16.7. The summed E-state index contributed by atoms with van der Waals surface area (Å²) in [6, 6.07) is 37.4. The molecule has 0 fully saturated rings. The Hall–Kier alpha value is -3.77. The first kappa shape index (κ1) is 26.5. The highest BCUT2D eigenvalue weighted by Gasteiger charge is 2.16. The standard InChI is InChI=1S/C33H19BBrCl2N3/c34-27-13-26(14-28(35)19-27)33-39-31(24-11-22(15-29(36)17-24)20-7-3-1-4-8-20)38-32(40-33)25-12-23(16-30(37)18-25)21-9-5-2-6-10-21/h1-19H. The van der Waals surface area contributed by atoms with Gasteiger partial charge in [0.2, 0.25) is 0 Å². The third-order valence-electron chi connectivity index (χ3n) is 6.34. The topological polar surface area (TPSA) is 38.7 Å². The van der Waals surface area contributed by atoms with Crippen LogP contribution in [0.1, 0.15) is 0 Å². The van der Waals surface area contributed by atoms with Gasteiger partial charge in [0.15, 0.2) is 17.5 Å². The summed E-state index contributed by atoms with van der Waals surface area (Å²) < 4.78 is 0.828. The molecule has 190 valence electrons. The van der Waals surface area contributed by atoms with E-state index in [1.165, 1.54) is 0 Å². The quantitative estimate of drug-likeness (QED) is 0.181. The molecular formula is C33H19BBrCl2N3. The summed E-state index contributed by atoms with van der Waals surface area (Å²) in [5.74, 6) is 1.45. The van der Waals surface area contributed by atoms with Crippen molar-refractivity contribution in [1.29, 1.82) is 0 Å². The number of benzene rings is 5. The van der Waals surface area contributed by atoms with Crippen LogP contribution in [-0.2, 0) is 0 Å². The highest BCUT2D eigenvalue weighted by atomic mass is 79.9. The van der Waals surface area contributed by atoms with Crippen LogP contribution in [0.3, 0.4) is 0 Å². The van der Waals surface area contributed by atoms with Crippen LogP contribution in [0.4, 0.5) is 0 Å². The van der Waals surface area contributed by atoms with Crippen LogP contribution in [0.2, 0.25) is 10.0 Å². The van der Waals surface area contributed by atoms with E-state index in [0.29, 0.717) is 33.0 Å². The monoisotopic (exact) mass is 617 g/mol. The SMILES string of the molecule is [B]c1cc(Br)cc(-c2nc(-c3cc(Cl)cc(-c4ccccc4)c3)nc(-c3cc(Cl)cc(-c4ccccc4)c3)n2)c1. The normalized spacial score (nSPS) is 11.0. The summed E-state index contributed by atoms with van der Waals surface area (Å²) in [6.07, 6.45) is 0. The maximum Gasteiger partial charge on any atom is 0.164 e. The molecule has 0 aliphatic carbocycles. The smallest absolute Gasteiger partial charge is 0.164 e. The highest BCUT2D eigenvalue weighted by Crippen LogP contribution is 2.33. The molecule has 6 rings (SSSR count). The van der Waals surface area contributed by atoms with E-state index in [4.69, 9.17) is 46.0 Å². The van der Waals surface area contributed by atoms with Crippen LogP contribution in [0.5, 0.6) is 0 Å². The zero-order valence-electron chi connectivity index (χ0n) is 21.0. The Morgan fingerprint density at radius 3 is 1.27 bits per heavy atom. The second-order valence-corrected chi connectivity index (χ2v) is 11.1. The van der Waals surface area contributed by atoms with Crippen molar-refractivity contribution in [2.45, 2.75) is 0 Å². The lowest BCUT2D eigenvalue weighted by Gasteiger charge is -2.12. The number of aromatic nitrogens is 3. The van der Waals surface area contributed by atoms with E-state index in [1.807, 2.05) is 115 Å². The predicted molar refractivity (Wildman–Crippen MR) is 170 cm³/mol. The van der Waals surface area contributed by atoms with Crippen LogP contribution in [0.25, 0.3) is 56.4 Å². The van der Waals surface area contributed by atoms with E-state index in [2.05, 4.69) is 15.9 Å². The minimum Gasteiger partial charge on any atom is -0.208 e. The summed E-state index contributed by atoms with van der Waals surface area (Å²) in [6.45, 7) is 0. The van der Waals surface area contributed by atoms with E-state index in [0.717, 1.165) is 43.4 Å². The Morgan fingerprint density at radius 1 is 0.450 bits per heavy atom. The molecule has 0 saturated carbocycles. The van der Waals surface area contributed by atoms with Crippen molar-refractivity contribution >= 4 is 52.4 Å². The molecule has 7 heteroatoms. The molecule has 0 bridgehead atoms. The molecule has 0 aliphatic heterocycles. The van der Waals surface area contributed by atoms with Gasteiger partial charge in [0, 0.05) is 31.2 Å². The highest BCUT2D eigenvalue weighted by molar-refractivity contribution is 9.10. The zero-order chi connectivity index (χ0) is 27.6. The summed E-state index contributed by atoms with van der Waals surface area (Å²) in [5, 5.41) is 1.17. The van der Waals surface area contributed by atoms with Crippen molar-refractivity contribution in [2.24, 2.45) is 0 Å². The fourth-order valence-corrected chi connectivity index (χ4v) is 5.52. The van der Waals surface area contributed by atoms with Crippen molar-refractivity contribution in [2.75, 3.05) is 0 Å². The van der Waals surface area contributed by atoms with E-state index >= 15 is 0 Å². The molecular weight excluding hydrogens is 600 g/mol. The Morgan fingerprint density at radius 2 is 0.850 bits per heavy atom. The average Bonchev–Trinajstić information content (AvgIpc) is 2.97. The summed E-state index contributed by atoms with van der Waals surface area (Å²) in [7, 11) is 6.17. The number of hydrogen-bond donors (Lipinski definition) is 0. The van der Waals surface area contributed by atoms with Gasteiger partial charge < -0.3 is 0 Å². The van der Waals surface area contributed by atoms with Gasteiger partial charge in [-0.25, -0.2) is 15.0 Å². The Balaban J connectivity index is 1.56. The van der Waals surface area contributed by atoms with E-state index in [-0.39, 0.29) is 0 Å². The molecule has 0 aliphatic rings. The number of rotatable bonds is 5. The number of nitrogens with zero attached hydrogens (tertiary/aromatic N) is 3. The second-order valence-electron chi connectivity index (χ2n) is 9.27. The van der Waals surface area contributed by atoms with Gasteiger partial charge >= 0.3 is 0 Å². The van der Waals surface area contributed by atoms with Gasteiger partial charge in [-0.1, -0.05) is 117 Å². The van der Waals surface area contributed by atoms with Crippen molar-refractivity contribution in [3.05, 3.63) is 130 Å². The lowest BCUT2D eigenvalue weighted by atomic mass is 9.94. The largest absolute Gasteiger partial charge is 0.208 e. The fraction of sp³-hybridized carbons (Fsp3) is 0. The molecule has 1 aromatic heterocycles. The van der Waals surface area contributed by atoms with Gasteiger partial charge in [-0.3, -0.25) is 0 Å². The van der Waals surface area contributed by atoms with Gasteiger partial charge in [0.25, 0.3) is 0 Å². The van der Waals surface area contributed by atoms with Crippen LogP contribution in [-0.4, -0.2) is 22.8 Å². The molecule has 2 radical (unpaired) electrons. The van der Waals surface area contributed by atoms with Crippen LogP contribution < -0.4 is 5.46 Å². The molecule has 0 spiro atoms. The Kier molecular flexibility index (Phi) is 7.53. The van der Waals surface area contributed by atoms with E-state index < -0.39 is 0 Å². The van der Waals surface area contributed by atoms with Crippen molar-refractivity contribution < 1.29 is 0 Å². The Labute approximate surface area is 252 Å². The predicted octanol–water partition coefficient (Wildman–Crippen LogP) is 9.07. The summed E-state index contributed by atoms with van der Waals surface area (Å²) in [5.41, 5.74) is 6.91. The molecule has 0 amide bonds. The van der Waals surface area contributed by atoms with Crippen LogP contribution >= 0.6 is 39.1 Å². The first-order valence-corrected chi connectivity index (χ1v) is 14.0. The van der Waals surface area contributed by atoms with Gasteiger partial charge in [-0.15, -0.1) is 0 Å². The van der Waals surface area contributed by atoms with Gasteiger partial charge in [-0.05, 0) is 64.7 Å². The lowest BCUT2D eigenvalue weighted by Crippen LogP contribution is -2.05. The molecule has 5 aromatic carbocycles. The van der Waals surface area contributed by atoms with Crippen molar-refractivity contribution in [1.82, 2.24) is 15.0 Å². The maximum atomic E-state index is 6.60. The third-order valence-corrected chi connectivity index (χ3v) is 7.23. The average molecular weight is 619 g/mol. The maximum absolute atomic E-state index is 6.60. The van der Waals surface area contributed by atoms with Gasteiger partial charge in [0.05, 0.1) is 0 Å². The van der Waals surface area contributed by atoms with Crippen molar-refractivity contribution in [3.63, 3.8) is 0 Å². The number of halogens is 3. The molecule has 0 N–H and O–H groups in total. The molecule has 3 nitrogen and oxygen atoms in total. The first-order chi connectivity index (χ1) is 19.4. The molecule has 1 heterocycles. The second kappa shape index (κ2) is 11.4. The molecule has 0 atom stereocenters. The lowest BCUT2D eigenvalue weighted by molar-refractivity contribution is 1.07. The van der Waals surface area contributed by atoms with Crippen LogP contribution in [0.15, 0.2) is 120 Å². The molecule has 6 aromatic rings. The van der Waals surface area contributed by atoms with Crippen molar-refractivity contribution in [3.8, 4) is 56.4 Å². The van der Waals surface area contributed by atoms with E-state index in [1.54, 1.807) is 0 Å². The molecule has 0 saturated heterocycles. The minimum absolute atomic E-state index is 0.482. The van der Waals surface area contributed by atoms with Gasteiger partial charge in [0.1, 0.15) is 7.85 Å². The molecule has 0 unspecified atom stereocenters. The summed E-state index contributed by atoms with van der Waals surface area (Å²) in [4.78, 5) is 14.7. The third kappa shape index (κ3) is 5.87. The fourth-order valence-electron chi connectivity index (χ4n) is 4.54. The van der Waals surface area contributed by atoms with Gasteiger partial charge in [-0.2, -0.15) is 0 Å².